The van der Waals surface area contributed by atoms with Crippen LogP contribution >= 0.6 is 0 Å². The molecule has 1 aromatic rings. The van der Waals surface area contributed by atoms with E-state index in [9.17, 15) is 13.2 Å². The maximum absolute atomic E-state index is 12.2. The van der Waals surface area contributed by atoms with Crippen molar-refractivity contribution in [2.24, 2.45) is 5.73 Å². The van der Waals surface area contributed by atoms with E-state index in [1.54, 1.807) is 6.92 Å². The Hall–Kier alpha value is -1.23. The van der Waals surface area contributed by atoms with Crippen LogP contribution in [-0.4, -0.2) is 6.18 Å². The van der Waals surface area contributed by atoms with Crippen LogP contribution in [-0.2, 0) is 0 Å². The molecule has 0 heterocycles. The predicted octanol–water partition coefficient (Wildman–Crippen LogP) is 2.14. The van der Waals surface area contributed by atoms with E-state index in [0.29, 0.717) is 5.69 Å². The molecule has 0 aliphatic heterocycles. The standard InChI is InChI=1S/C9H11F3N2/c1-5-2-3-6(4-7(5)13)8(14)9(10,11)12/h2-4,8H,13-14H2,1H3/t8-/m0/s1. The van der Waals surface area contributed by atoms with Gasteiger partial charge in [0.1, 0.15) is 6.04 Å². The second-order valence-corrected chi connectivity index (χ2v) is 3.14. The van der Waals surface area contributed by atoms with Gasteiger partial charge in [0.05, 0.1) is 0 Å². The van der Waals surface area contributed by atoms with Gasteiger partial charge in [-0.1, -0.05) is 12.1 Å². The summed E-state index contributed by atoms with van der Waals surface area (Å²) in [5.41, 5.74) is 11.5. The minimum atomic E-state index is -4.43. The third-order valence-corrected chi connectivity index (χ3v) is 2.02. The molecule has 78 valence electrons. The van der Waals surface area contributed by atoms with E-state index in [0.717, 1.165) is 5.56 Å². The molecule has 0 bridgehead atoms. The Morgan fingerprint density at radius 3 is 2.29 bits per heavy atom. The summed E-state index contributed by atoms with van der Waals surface area (Å²) in [5, 5.41) is 0. The van der Waals surface area contributed by atoms with Gasteiger partial charge in [0.25, 0.3) is 0 Å². The summed E-state index contributed by atoms with van der Waals surface area (Å²) in [4.78, 5) is 0. The van der Waals surface area contributed by atoms with Crippen LogP contribution in [0.1, 0.15) is 17.2 Å². The second-order valence-electron chi connectivity index (χ2n) is 3.14. The van der Waals surface area contributed by atoms with Gasteiger partial charge in [0, 0.05) is 5.69 Å². The molecule has 1 rings (SSSR count). The van der Waals surface area contributed by atoms with Crippen LogP contribution in [0.15, 0.2) is 18.2 Å². The van der Waals surface area contributed by atoms with E-state index >= 15 is 0 Å². The first-order chi connectivity index (χ1) is 6.32. The molecule has 0 fully saturated rings. The molecule has 0 aliphatic rings. The van der Waals surface area contributed by atoms with Crippen LogP contribution in [0.3, 0.4) is 0 Å². The molecule has 0 saturated heterocycles. The van der Waals surface area contributed by atoms with Crippen molar-refractivity contribution in [3.8, 4) is 0 Å². The molecule has 14 heavy (non-hydrogen) atoms. The van der Waals surface area contributed by atoms with E-state index in [-0.39, 0.29) is 5.56 Å². The first kappa shape index (κ1) is 10.8. The number of hydrogen-bond donors (Lipinski definition) is 2. The lowest BCUT2D eigenvalue weighted by molar-refractivity contribution is -0.149. The van der Waals surface area contributed by atoms with Crippen molar-refractivity contribution in [1.29, 1.82) is 0 Å². The summed E-state index contributed by atoms with van der Waals surface area (Å²) in [6, 6.07) is 2.15. The quantitative estimate of drug-likeness (QED) is 0.688. The smallest absolute Gasteiger partial charge is 0.399 e. The van der Waals surface area contributed by atoms with Crippen LogP contribution in [0.4, 0.5) is 18.9 Å². The van der Waals surface area contributed by atoms with Gasteiger partial charge in [-0.25, -0.2) is 0 Å². The van der Waals surface area contributed by atoms with Crippen LogP contribution in [0, 0.1) is 6.92 Å². The highest BCUT2D eigenvalue weighted by molar-refractivity contribution is 5.49. The molecular weight excluding hydrogens is 193 g/mol. The largest absolute Gasteiger partial charge is 0.407 e. The summed E-state index contributed by atoms with van der Waals surface area (Å²) in [6.07, 6.45) is -4.43. The topological polar surface area (TPSA) is 52.0 Å². The highest BCUT2D eigenvalue weighted by atomic mass is 19.4. The van der Waals surface area contributed by atoms with Gasteiger partial charge in [-0.05, 0) is 24.1 Å². The first-order valence-corrected chi connectivity index (χ1v) is 4.00. The summed E-state index contributed by atoms with van der Waals surface area (Å²) in [7, 11) is 0. The Morgan fingerprint density at radius 2 is 1.86 bits per heavy atom. The Kier molecular flexibility index (Phi) is 2.71. The number of rotatable bonds is 1. The predicted molar refractivity (Wildman–Crippen MR) is 48.6 cm³/mol. The number of hydrogen-bond acceptors (Lipinski definition) is 2. The molecule has 0 amide bonds. The molecular formula is C9H11F3N2. The van der Waals surface area contributed by atoms with Gasteiger partial charge in [0.2, 0.25) is 0 Å². The van der Waals surface area contributed by atoms with E-state index in [2.05, 4.69) is 0 Å². The van der Waals surface area contributed by atoms with Crippen molar-refractivity contribution >= 4 is 5.69 Å². The minimum Gasteiger partial charge on any atom is -0.399 e. The van der Waals surface area contributed by atoms with Crippen LogP contribution in [0.25, 0.3) is 0 Å². The average Bonchev–Trinajstić information content (AvgIpc) is 2.07. The monoisotopic (exact) mass is 204 g/mol. The summed E-state index contributed by atoms with van der Waals surface area (Å²) in [5.74, 6) is 0. The molecule has 4 N–H and O–H groups in total. The zero-order valence-electron chi connectivity index (χ0n) is 7.60. The number of anilines is 1. The average molecular weight is 204 g/mol. The molecule has 0 aliphatic carbocycles. The number of halogens is 3. The Balaban J connectivity index is 3.03. The number of alkyl halides is 3. The molecule has 2 nitrogen and oxygen atoms in total. The number of aryl methyl sites for hydroxylation is 1. The molecule has 0 spiro atoms. The maximum Gasteiger partial charge on any atom is 0.407 e. The summed E-state index contributed by atoms with van der Waals surface area (Å²) in [6.45, 7) is 1.72. The number of benzene rings is 1. The molecule has 5 heteroatoms. The van der Waals surface area contributed by atoms with Crippen molar-refractivity contribution < 1.29 is 13.2 Å². The Labute approximate surface area is 79.7 Å². The maximum atomic E-state index is 12.2. The fourth-order valence-electron chi connectivity index (χ4n) is 1.04. The van der Waals surface area contributed by atoms with Gasteiger partial charge in [-0.2, -0.15) is 13.2 Å². The summed E-state index contributed by atoms with van der Waals surface area (Å²) < 4.78 is 36.6. The molecule has 0 radical (unpaired) electrons. The lowest BCUT2D eigenvalue weighted by Crippen LogP contribution is -2.28. The third-order valence-electron chi connectivity index (χ3n) is 2.02. The van der Waals surface area contributed by atoms with E-state index < -0.39 is 12.2 Å². The number of nitrogen functional groups attached to an aromatic ring is 1. The van der Waals surface area contributed by atoms with E-state index in [4.69, 9.17) is 11.5 Å². The second kappa shape index (κ2) is 3.49. The van der Waals surface area contributed by atoms with Crippen molar-refractivity contribution in [2.75, 3.05) is 5.73 Å². The van der Waals surface area contributed by atoms with Gasteiger partial charge in [0.15, 0.2) is 0 Å². The van der Waals surface area contributed by atoms with Crippen molar-refractivity contribution in [2.45, 2.75) is 19.1 Å². The summed E-state index contributed by atoms with van der Waals surface area (Å²) >= 11 is 0. The van der Waals surface area contributed by atoms with Gasteiger partial charge >= 0.3 is 6.18 Å². The van der Waals surface area contributed by atoms with Gasteiger partial charge < -0.3 is 11.5 Å². The number of nitrogens with two attached hydrogens (primary N) is 2. The Bertz CT molecular complexity index is 333. The first-order valence-electron chi connectivity index (χ1n) is 4.00. The van der Waals surface area contributed by atoms with Crippen LogP contribution in [0.5, 0.6) is 0 Å². The molecule has 0 aromatic heterocycles. The zero-order valence-corrected chi connectivity index (χ0v) is 7.60. The van der Waals surface area contributed by atoms with Crippen LogP contribution in [0.2, 0.25) is 0 Å². The highest BCUT2D eigenvalue weighted by Crippen LogP contribution is 2.31. The normalized spacial score (nSPS) is 14.1. The third kappa shape index (κ3) is 2.17. The SMILES string of the molecule is Cc1ccc([C@H](N)C(F)(F)F)cc1N. The van der Waals surface area contributed by atoms with Crippen LogP contribution < -0.4 is 11.5 Å². The molecule has 0 saturated carbocycles. The fraction of sp³-hybridized carbons (Fsp3) is 0.333. The zero-order chi connectivity index (χ0) is 10.9. The van der Waals surface area contributed by atoms with Crippen molar-refractivity contribution in [3.63, 3.8) is 0 Å². The molecule has 1 atom stereocenters. The fourth-order valence-corrected chi connectivity index (χ4v) is 1.04. The van der Waals surface area contributed by atoms with E-state index in [1.807, 2.05) is 0 Å². The minimum absolute atomic E-state index is 0.0133. The molecule has 1 aromatic carbocycles. The Morgan fingerprint density at radius 1 is 1.29 bits per heavy atom. The lowest BCUT2D eigenvalue weighted by Gasteiger charge is -2.16. The van der Waals surface area contributed by atoms with Gasteiger partial charge in [-0.3, -0.25) is 0 Å². The van der Waals surface area contributed by atoms with Crippen molar-refractivity contribution in [3.05, 3.63) is 29.3 Å². The van der Waals surface area contributed by atoms with E-state index in [1.165, 1.54) is 18.2 Å². The van der Waals surface area contributed by atoms with Gasteiger partial charge in [-0.15, -0.1) is 0 Å². The highest BCUT2D eigenvalue weighted by Gasteiger charge is 2.37. The van der Waals surface area contributed by atoms with Crippen molar-refractivity contribution in [1.82, 2.24) is 0 Å². The lowest BCUT2D eigenvalue weighted by atomic mass is 10.0. The molecule has 0 unspecified atom stereocenters.